The molecule has 2 fully saturated rings. The van der Waals surface area contributed by atoms with Crippen molar-refractivity contribution in [3.63, 3.8) is 0 Å². The molecule has 0 N–H and O–H groups in total. The van der Waals surface area contributed by atoms with E-state index in [9.17, 15) is 8.42 Å². The summed E-state index contributed by atoms with van der Waals surface area (Å²) in [6.45, 7) is 4.60. The Bertz CT molecular complexity index is 779. The van der Waals surface area contributed by atoms with Crippen molar-refractivity contribution in [1.29, 1.82) is 0 Å². The Hall–Kier alpha value is -1.57. The van der Waals surface area contributed by atoms with Crippen molar-refractivity contribution in [2.24, 2.45) is 0 Å². The Morgan fingerprint density at radius 2 is 1.61 bits per heavy atom. The lowest BCUT2D eigenvalue weighted by Gasteiger charge is -2.33. The normalized spacial score (nSPS) is 22.9. The monoisotopic (exact) mass is 404 g/mol. The molecule has 2 heterocycles. The summed E-state index contributed by atoms with van der Waals surface area (Å²) in [5, 5.41) is 0. The van der Waals surface area contributed by atoms with Gasteiger partial charge in [0.25, 0.3) is 0 Å². The molecule has 0 radical (unpaired) electrons. The summed E-state index contributed by atoms with van der Waals surface area (Å²) in [6.07, 6.45) is 12.5. The van der Waals surface area contributed by atoms with E-state index in [1.807, 2.05) is 0 Å². The first kappa shape index (κ1) is 19.7. The zero-order valence-corrected chi connectivity index (χ0v) is 17.6. The lowest BCUT2D eigenvalue weighted by Crippen LogP contribution is -2.47. The molecule has 0 amide bonds. The molecule has 1 saturated carbocycles. The Labute approximate surface area is 169 Å². The molecule has 4 rings (SSSR count). The first-order chi connectivity index (χ1) is 13.5. The SMILES string of the molecule is CS(=O)(=O)N1CCN(Cc2ccc(N3C=CN(C4CCCCC4)C3)cc2)CC1. The molecule has 2 aliphatic heterocycles. The van der Waals surface area contributed by atoms with Gasteiger partial charge >= 0.3 is 0 Å². The minimum Gasteiger partial charge on any atom is -0.355 e. The molecule has 6 nitrogen and oxygen atoms in total. The van der Waals surface area contributed by atoms with Gasteiger partial charge in [-0.2, -0.15) is 4.31 Å². The largest absolute Gasteiger partial charge is 0.355 e. The first-order valence-electron chi connectivity index (χ1n) is 10.5. The van der Waals surface area contributed by atoms with Crippen LogP contribution in [0.25, 0.3) is 0 Å². The van der Waals surface area contributed by atoms with E-state index in [1.165, 1.54) is 49.6 Å². The zero-order chi connectivity index (χ0) is 19.6. The molecule has 28 heavy (non-hydrogen) atoms. The number of hydrogen-bond acceptors (Lipinski definition) is 5. The molecular formula is C21H32N4O2S. The van der Waals surface area contributed by atoms with Crippen molar-refractivity contribution in [3.8, 4) is 0 Å². The van der Waals surface area contributed by atoms with Crippen molar-refractivity contribution in [2.45, 2.75) is 44.7 Å². The van der Waals surface area contributed by atoms with Crippen LogP contribution in [0.4, 0.5) is 5.69 Å². The number of piperazine rings is 1. The van der Waals surface area contributed by atoms with Gasteiger partial charge in [-0.1, -0.05) is 31.4 Å². The van der Waals surface area contributed by atoms with Gasteiger partial charge in [0.15, 0.2) is 0 Å². The Kier molecular flexibility index (Phi) is 5.94. The molecule has 0 atom stereocenters. The van der Waals surface area contributed by atoms with Crippen LogP contribution in [0.15, 0.2) is 36.7 Å². The van der Waals surface area contributed by atoms with E-state index in [-0.39, 0.29) is 0 Å². The van der Waals surface area contributed by atoms with E-state index < -0.39 is 10.0 Å². The van der Waals surface area contributed by atoms with Crippen LogP contribution in [0, 0.1) is 0 Å². The highest BCUT2D eigenvalue weighted by molar-refractivity contribution is 7.88. The third-order valence-corrected chi connectivity index (χ3v) is 7.58. The lowest BCUT2D eigenvalue weighted by molar-refractivity contribution is 0.182. The van der Waals surface area contributed by atoms with E-state index in [0.717, 1.165) is 26.3 Å². The van der Waals surface area contributed by atoms with E-state index in [0.29, 0.717) is 19.1 Å². The Morgan fingerprint density at radius 1 is 0.929 bits per heavy atom. The van der Waals surface area contributed by atoms with Gasteiger partial charge < -0.3 is 9.80 Å². The lowest BCUT2D eigenvalue weighted by atomic mass is 9.95. The summed E-state index contributed by atoms with van der Waals surface area (Å²) in [5.41, 5.74) is 2.52. The number of sulfonamides is 1. The van der Waals surface area contributed by atoms with Gasteiger partial charge in [-0.3, -0.25) is 4.90 Å². The highest BCUT2D eigenvalue weighted by Gasteiger charge is 2.24. The molecule has 7 heteroatoms. The second-order valence-corrected chi connectivity index (χ2v) is 10.3. The van der Waals surface area contributed by atoms with Crippen LogP contribution in [0.2, 0.25) is 0 Å². The van der Waals surface area contributed by atoms with Crippen LogP contribution < -0.4 is 4.90 Å². The van der Waals surface area contributed by atoms with Gasteiger partial charge in [-0.25, -0.2) is 8.42 Å². The first-order valence-corrected chi connectivity index (χ1v) is 12.3. The smallest absolute Gasteiger partial charge is 0.211 e. The standard InChI is InChI=1S/C21H32N4O2S/c1-28(26,27)25-15-11-22(12-16-25)17-19-7-9-21(10-8-19)24-14-13-23(18-24)20-5-3-2-4-6-20/h7-10,13-14,20H,2-6,11-12,15-18H2,1H3. The molecule has 3 aliphatic rings. The third-order valence-electron chi connectivity index (χ3n) is 6.27. The van der Waals surface area contributed by atoms with Gasteiger partial charge in [0.2, 0.25) is 10.0 Å². The summed E-state index contributed by atoms with van der Waals surface area (Å²) in [6, 6.07) is 9.53. The number of benzene rings is 1. The number of hydrogen-bond donors (Lipinski definition) is 0. The summed E-state index contributed by atoms with van der Waals surface area (Å²) in [7, 11) is -3.06. The highest BCUT2D eigenvalue weighted by atomic mass is 32.2. The maximum atomic E-state index is 11.6. The molecule has 0 bridgehead atoms. The molecule has 1 aromatic rings. The molecule has 1 aromatic carbocycles. The van der Waals surface area contributed by atoms with E-state index >= 15 is 0 Å². The van der Waals surface area contributed by atoms with Crippen molar-refractivity contribution < 1.29 is 8.42 Å². The average molecular weight is 405 g/mol. The highest BCUT2D eigenvalue weighted by Crippen LogP contribution is 2.27. The minimum atomic E-state index is -3.06. The van der Waals surface area contributed by atoms with Crippen molar-refractivity contribution in [1.82, 2.24) is 14.1 Å². The van der Waals surface area contributed by atoms with Crippen LogP contribution in [0.5, 0.6) is 0 Å². The van der Waals surface area contributed by atoms with Crippen LogP contribution >= 0.6 is 0 Å². The Morgan fingerprint density at radius 3 is 2.25 bits per heavy atom. The van der Waals surface area contributed by atoms with Crippen LogP contribution in [-0.2, 0) is 16.6 Å². The molecular weight excluding hydrogens is 372 g/mol. The fourth-order valence-electron chi connectivity index (χ4n) is 4.52. The molecule has 1 aliphatic carbocycles. The van der Waals surface area contributed by atoms with Gasteiger partial charge in [0, 0.05) is 56.9 Å². The molecule has 154 valence electrons. The maximum Gasteiger partial charge on any atom is 0.211 e. The fourth-order valence-corrected chi connectivity index (χ4v) is 5.35. The topological polar surface area (TPSA) is 47.1 Å². The summed E-state index contributed by atoms with van der Waals surface area (Å²) >= 11 is 0. The number of rotatable bonds is 5. The van der Waals surface area contributed by atoms with Crippen molar-refractivity contribution in [2.75, 3.05) is 44.0 Å². The van der Waals surface area contributed by atoms with Gasteiger partial charge in [0.05, 0.1) is 12.9 Å². The van der Waals surface area contributed by atoms with E-state index in [1.54, 1.807) is 4.31 Å². The molecule has 0 unspecified atom stereocenters. The second kappa shape index (κ2) is 8.43. The van der Waals surface area contributed by atoms with Crippen LogP contribution in [0.1, 0.15) is 37.7 Å². The quantitative estimate of drug-likeness (QED) is 0.755. The minimum absolute atomic E-state index is 0.590. The fraction of sp³-hybridized carbons (Fsp3) is 0.619. The average Bonchev–Trinajstić information content (AvgIpc) is 3.19. The van der Waals surface area contributed by atoms with Crippen molar-refractivity contribution >= 4 is 15.7 Å². The maximum absolute atomic E-state index is 11.6. The van der Waals surface area contributed by atoms with E-state index in [2.05, 4.69) is 51.4 Å². The summed E-state index contributed by atoms with van der Waals surface area (Å²) in [4.78, 5) is 7.15. The Balaban J connectivity index is 1.28. The van der Waals surface area contributed by atoms with Crippen LogP contribution in [-0.4, -0.2) is 67.7 Å². The molecule has 0 aromatic heterocycles. The summed E-state index contributed by atoms with van der Waals surface area (Å²) < 4.78 is 24.8. The van der Waals surface area contributed by atoms with Crippen molar-refractivity contribution in [3.05, 3.63) is 42.2 Å². The van der Waals surface area contributed by atoms with E-state index in [4.69, 9.17) is 0 Å². The number of anilines is 1. The van der Waals surface area contributed by atoms with Gasteiger partial charge in [-0.05, 0) is 30.5 Å². The number of nitrogens with zero attached hydrogens (tertiary/aromatic N) is 4. The summed E-state index contributed by atoms with van der Waals surface area (Å²) in [5.74, 6) is 0. The molecule has 0 spiro atoms. The second-order valence-electron chi connectivity index (χ2n) is 8.32. The van der Waals surface area contributed by atoms with Gasteiger partial charge in [0.1, 0.15) is 0 Å². The zero-order valence-electron chi connectivity index (χ0n) is 16.8. The third kappa shape index (κ3) is 4.70. The van der Waals surface area contributed by atoms with Crippen LogP contribution in [0.3, 0.4) is 0 Å². The predicted octanol–water partition coefficient (Wildman–Crippen LogP) is 2.65. The van der Waals surface area contributed by atoms with Gasteiger partial charge in [-0.15, -0.1) is 0 Å². The predicted molar refractivity (Wildman–Crippen MR) is 113 cm³/mol. The molecule has 1 saturated heterocycles.